The summed E-state index contributed by atoms with van der Waals surface area (Å²) in [5, 5.41) is 0. The molecule has 2 nitrogen and oxygen atoms in total. The van der Waals surface area contributed by atoms with Gasteiger partial charge in [0.25, 0.3) is 0 Å². The van der Waals surface area contributed by atoms with Crippen molar-refractivity contribution in [2.24, 2.45) is 0 Å². The molecule has 8 rings (SSSR count). The van der Waals surface area contributed by atoms with Crippen molar-refractivity contribution in [3.05, 3.63) is 126 Å². The molecule has 2 atom stereocenters. The van der Waals surface area contributed by atoms with Gasteiger partial charge in [-0.2, -0.15) is 0 Å². The van der Waals surface area contributed by atoms with Crippen LogP contribution in [0.4, 0.5) is 11.4 Å². The largest absolute Gasteiger partial charge is 0.334 e. The van der Waals surface area contributed by atoms with Crippen LogP contribution in [0.25, 0.3) is 33.6 Å². The highest BCUT2D eigenvalue weighted by atomic mass is 15.3. The van der Waals surface area contributed by atoms with Gasteiger partial charge in [0.1, 0.15) is 0 Å². The van der Waals surface area contributed by atoms with Gasteiger partial charge in [0.15, 0.2) is 0 Å². The maximum absolute atomic E-state index is 5.22. The lowest BCUT2D eigenvalue weighted by Crippen LogP contribution is -2.54. The zero-order valence-corrected chi connectivity index (χ0v) is 23.3. The standard InChI is InChI=1S/C38H34N2/c1-37-21-8-9-22-38(37,2)40(30-12-4-3-5-13-30)36-20-18-28(25-33(36)37)35-16-10-15-34(39-35)27-17-19-32-29(24-27)23-26-11-6-7-14-31(26)32/h3-7,10-20,24-25H,8-9,21-23H2,1-2H3. The minimum atomic E-state index is 0.0603. The maximum Gasteiger partial charge on any atom is 0.0709 e. The first kappa shape index (κ1) is 23.7. The van der Waals surface area contributed by atoms with Crippen LogP contribution >= 0.6 is 0 Å². The molecular weight excluding hydrogens is 484 g/mol. The Kier molecular flexibility index (Phi) is 5.13. The van der Waals surface area contributed by atoms with Gasteiger partial charge < -0.3 is 4.90 Å². The summed E-state index contributed by atoms with van der Waals surface area (Å²) in [6.45, 7) is 4.99. The number of fused-ring (bicyclic) bond motifs is 6. The van der Waals surface area contributed by atoms with E-state index in [0.717, 1.165) is 17.8 Å². The smallest absolute Gasteiger partial charge is 0.0709 e. The highest BCUT2D eigenvalue weighted by Gasteiger charge is 2.57. The second kappa shape index (κ2) is 8.66. The number of aromatic nitrogens is 1. The Labute approximate surface area is 237 Å². The second-order valence-corrected chi connectivity index (χ2v) is 12.3. The molecule has 3 aliphatic rings. The molecule has 0 bridgehead atoms. The molecule has 1 saturated carbocycles. The fourth-order valence-corrected chi connectivity index (χ4v) is 7.94. The predicted molar refractivity (Wildman–Crippen MR) is 166 cm³/mol. The lowest BCUT2D eigenvalue weighted by Gasteiger charge is -2.50. The van der Waals surface area contributed by atoms with Crippen LogP contribution in [-0.4, -0.2) is 10.5 Å². The van der Waals surface area contributed by atoms with E-state index in [9.17, 15) is 0 Å². The molecule has 1 fully saturated rings. The van der Waals surface area contributed by atoms with E-state index in [2.05, 4.69) is 128 Å². The van der Waals surface area contributed by atoms with Gasteiger partial charge in [-0.25, -0.2) is 4.98 Å². The lowest BCUT2D eigenvalue weighted by atomic mass is 9.61. The van der Waals surface area contributed by atoms with E-state index in [0.29, 0.717) is 0 Å². The first-order valence-electron chi connectivity index (χ1n) is 14.7. The summed E-state index contributed by atoms with van der Waals surface area (Å²) in [6.07, 6.45) is 5.99. The Morgan fingerprint density at radius 1 is 0.625 bits per heavy atom. The second-order valence-electron chi connectivity index (χ2n) is 12.3. The fraction of sp³-hybridized carbons (Fsp3) is 0.237. The molecule has 0 N–H and O–H groups in total. The van der Waals surface area contributed by atoms with Gasteiger partial charge >= 0.3 is 0 Å². The summed E-state index contributed by atoms with van der Waals surface area (Å²) in [6, 6.07) is 40.2. The third-order valence-corrected chi connectivity index (χ3v) is 10.3. The monoisotopic (exact) mass is 518 g/mol. The Hall–Kier alpha value is -4.17. The SMILES string of the molecule is CC12CCCCC1(C)N(c1ccccc1)c1ccc(-c3cccc(-c4ccc5c(c4)Cc4ccccc4-5)n3)cc12. The third-order valence-electron chi connectivity index (χ3n) is 10.3. The molecule has 1 aliphatic heterocycles. The molecule has 2 aliphatic carbocycles. The van der Waals surface area contributed by atoms with Crippen LogP contribution in [0.5, 0.6) is 0 Å². The predicted octanol–water partition coefficient (Wildman–Crippen LogP) is 9.73. The molecule has 0 spiro atoms. The van der Waals surface area contributed by atoms with E-state index in [1.54, 1.807) is 0 Å². The molecule has 196 valence electrons. The molecule has 0 radical (unpaired) electrons. The van der Waals surface area contributed by atoms with E-state index in [1.165, 1.54) is 76.0 Å². The number of anilines is 2. The van der Waals surface area contributed by atoms with Crippen LogP contribution in [0.15, 0.2) is 109 Å². The number of hydrogen-bond donors (Lipinski definition) is 0. The van der Waals surface area contributed by atoms with Crippen molar-refractivity contribution in [1.29, 1.82) is 0 Å². The van der Waals surface area contributed by atoms with E-state index in [4.69, 9.17) is 4.98 Å². The molecule has 0 saturated heterocycles. The number of benzene rings is 4. The van der Waals surface area contributed by atoms with Gasteiger partial charge in [-0.1, -0.05) is 86.5 Å². The van der Waals surface area contributed by atoms with Crippen molar-refractivity contribution >= 4 is 11.4 Å². The minimum absolute atomic E-state index is 0.0603. The normalized spacial score (nSPS) is 22.4. The summed E-state index contributed by atoms with van der Waals surface area (Å²) in [4.78, 5) is 7.86. The molecule has 2 heterocycles. The van der Waals surface area contributed by atoms with Crippen molar-refractivity contribution < 1.29 is 0 Å². The van der Waals surface area contributed by atoms with E-state index < -0.39 is 0 Å². The summed E-state index contributed by atoms with van der Waals surface area (Å²) in [5.41, 5.74) is 14.3. The van der Waals surface area contributed by atoms with Gasteiger partial charge in [-0.15, -0.1) is 0 Å². The van der Waals surface area contributed by atoms with Gasteiger partial charge in [0.05, 0.1) is 16.9 Å². The van der Waals surface area contributed by atoms with E-state index >= 15 is 0 Å². The topological polar surface area (TPSA) is 16.1 Å². The number of para-hydroxylation sites is 1. The Morgan fingerprint density at radius 2 is 1.32 bits per heavy atom. The fourth-order valence-electron chi connectivity index (χ4n) is 7.94. The first-order valence-corrected chi connectivity index (χ1v) is 14.7. The molecule has 2 unspecified atom stereocenters. The lowest BCUT2D eigenvalue weighted by molar-refractivity contribution is 0.195. The third kappa shape index (κ3) is 3.32. The van der Waals surface area contributed by atoms with Crippen molar-refractivity contribution in [2.75, 3.05) is 4.90 Å². The molecule has 2 heteroatoms. The molecule has 1 aromatic heterocycles. The quantitative estimate of drug-likeness (QED) is 0.232. The zero-order chi connectivity index (χ0) is 26.9. The van der Waals surface area contributed by atoms with Crippen LogP contribution in [0.2, 0.25) is 0 Å². The molecule has 0 amide bonds. The first-order chi connectivity index (χ1) is 19.5. The summed E-state index contributed by atoms with van der Waals surface area (Å²) < 4.78 is 0. The summed E-state index contributed by atoms with van der Waals surface area (Å²) in [7, 11) is 0. The Morgan fingerprint density at radius 3 is 2.17 bits per heavy atom. The van der Waals surface area contributed by atoms with Gasteiger partial charge in [0, 0.05) is 27.9 Å². The molecule has 4 aromatic carbocycles. The number of rotatable bonds is 3. The van der Waals surface area contributed by atoms with Gasteiger partial charge in [0.2, 0.25) is 0 Å². The molecular formula is C38H34N2. The maximum atomic E-state index is 5.22. The van der Waals surface area contributed by atoms with Crippen LogP contribution in [-0.2, 0) is 11.8 Å². The molecule has 5 aromatic rings. The molecule has 40 heavy (non-hydrogen) atoms. The minimum Gasteiger partial charge on any atom is -0.334 e. The van der Waals surface area contributed by atoms with Crippen molar-refractivity contribution in [3.63, 3.8) is 0 Å². The van der Waals surface area contributed by atoms with Crippen LogP contribution < -0.4 is 4.90 Å². The van der Waals surface area contributed by atoms with Crippen LogP contribution in [0.3, 0.4) is 0 Å². The van der Waals surface area contributed by atoms with E-state index in [-0.39, 0.29) is 11.0 Å². The Bertz CT molecular complexity index is 1770. The van der Waals surface area contributed by atoms with Gasteiger partial charge in [-0.05, 0) is 96.5 Å². The average molecular weight is 519 g/mol. The number of nitrogens with zero attached hydrogens (tertiary/aromatic N) is 2. The zero-order valence-electron chi connectivity index (χ0n) is 23.3. The Balaban J connectivity index is 1.20. The average Bonchev–Trinajstić information content (AvgIpc) is 3.47. The highest BCUT2D eigenvalue weighted by molar-refractivity contribution is 5.82. The number of pyridine rings is 1. The van der Waals surface area contributed by atoms with Crippen LogP contribution in [0.1, 0.15) is 56.2 Å². The summed E-state index contributed by atoms with van der Waals surface area (Å²) >= 11 is 0. The van der Waals surface area contributed by atoms with E-state index in [1.807, 2.05) is 0 Å². The van der Waals surface area contributed by atoms with Crippen molar-refractivity contribution in [3.8, 4) is 33.6 Å². The highest BCUT2D eigenvalue weighted by Crippen LogP contribution is 2.61. The summed E-state index contributed by atoms with van der Waals surface area (Å²) in [5.74, 6) is 0. The van der Waals surface area contributed by atoms with Crippen LogP contribution in [0, 0.1) is 0 Å². The number of hydrogen-bond acceptors (Lipinski definition) is 2. The van der Waals surface area contributed by atoms with Crippen molar-refractivity contribution in [2.45, 2.75) is 56.9 Å². The van der Waals surface area contributed by atoms with Gasteiger partial charge in [-0.3, -0.25) is 0 Å². The van der Waals surface area contributed by atoms with Crippen molar-refractivity contribution in [1.82, 2.24) is 4.98 Å².